The van der Waals surface area contributed by atoms with E-state index in [1.807, 2.05) is 0 Å². The second-order valence-corrected chi connectivity index (χ2v) is 9.79. The Hall–Kier alpha value is -3.77. The lowest BCUT2D eigenvalue weighted by molar-refractivity contribution is -0.164. The van der Waals surface area contributed by atoms with E-state index in [1.165, 1.54) is 14.0 Å². The maximum atomic E-state index is 13.6. The number of rotatable bonds is 6. The number of fused-ring (bicyclic) bond motifs is 3. The number of amides is 3. The highest BCUT2D eigenvalue weighted by Gasteiger charge is 2.62. The molecule has 2 saturated carbocycles. The minimum Gasteiger partial charge on any atom is -0.357 e. The van der Waals surface area contributed by atoms with Gasteiger partial charge in [-0.1, -0.05) is 0 Å². The Labute approximate surface area is 206 Å². The van der Waals surface area contributed by atoms with Gasteiger partial charge in [-0.15, -0.1) is 0 Å². The van der Waals surface area contributed by atoms with E-state index in [0.29, 0.717) is 24.2 Å². The van der Waals surface area contributed by atoms with Crippen LogP contribution in [-0.2, 0) is 16.0 Å². The molecule has 2 fully saturated rings. The summed E-state index contributed by atoms with van der Waals surface area (Å²) in [6.45, 7) is 1.41. The number of hydrogen-bond donors (Lipinski definition) is 3. The Morgan fingerprint density at radius 2 is 1.68 bits per heavy atom. The first-order valence-electron chi connectivity index (χ1n) is 11.4. The van der Waals surface area contributed by atoms with Gasteiger partial charge in [-0.3, -0.25) is 19.2 Å². The predicted octanol–water partition coefficient (Wildman–Crippen LogP) is 2.80. The van der Waals surface area contributed by atoms with Crippen molar-refractivity contribution in [1.82, 2.24) is 15.2 Å². The molecule has 196 valence electrons. The maximum absolute atomic E-state index is 13.6. The number of halogens is 5. The van der Waals surface area contributed by atoms with Crippen LogP contribution in [0.5, 0.6) is 0 Å². The molecule has 2 aromatic rings. The third-order valence-corrected chi connectivity index (χ3v) is 7.25. The van der Waals surface area contributed by atoms with Crippen LogP contribution in [0.2, 0.25) is 0 Å². The first-order valence-corrected chi connectivity index (χ1v) is 11.4. The molecule has 2 heterocycles. The van der Waals surface area contributed by atoms with Crippen molar-refractivity contribution < 1.29 is 41.1 Å². The van der Waals surface area contributed by atoms with Crippen LogP contribution < -0.4 is 16.0 Å². The first-order chi connectivity index (χ1) is 17.3. The smallest absolute Gasteiger partial charge is 0.293 e. The van der Waals surface area contributed by atoms with Crippen molar-refractivity contribution in [2.45, 2.75) is 50.1 Å². The van der Waals surface area contributed by atoms with Crippen molar-refractivity contribution in [3.05, 3.63) is 52.1 Å². The number of carbonyl (C=O) groups excluding carboxylic acids is 4. The summed E-state index contributed by atoms with van der Waals surface area (Å²) in [6, 6.07) is 1.08. The van der Waals surface area contributed by atoms with Gasteiger partial charge in [-0.25, -0.2) is 22.0 Å². The Balaban J connectivity index is 1.46. The fourth-order valence-corrected chi connectivity index (χ4v) is 5.52. The highest BCUT2D eigenvalue weighted by atomic mass is 19.3. The van der Waals surface area contributed by atoms with E-state index in [2.05, 4.69) is 16.0 Å². The molecule has 3 N–H and O–H groups in total. The summed E-state index contributed by atoms with van der Waals surface area (Å²) in [5, 5.41) is 6.67. The zero-order chi connectivity index (χ0) is 27.0. The molecule has 3 aliphatic rings. The van der Waals surface area contributed by atoms with E-state index < -0.39 is 65.3 Å². The normalized spacial score (nSPS) is 21.8. The molecule has 2 unspecified atom stereocenters. The van der Waals surface area contributed by atoms with Gasteiger partial charge in [-0.05, 0) is 31.2 Å². The maximum Gasteiger partial charge on any atom is 0.293 e. The summed E-state index contributed by atoms with van der Waals surface area (Å²) in [5.41, 5.74) is -1.91. The Bertz CT molecular complexity index is 1370. The molecule has 0 saturated heterocycles. The summed E-state index contributed by atoms with van der Waals surface area (Å²) in [6.07, 6.45) is -0.830. The fourth-order valence-electron chi connectivity index (χ4n) is 5.52. The topological polar surface area (TPSA) is 109 Å². The quantitative estimate of drug-likeness (QED) is 0.234. The van der Waals surface area contributed by atoms with E-state index in [-0.39, 0.29) is 34.5 Å². The average molecular weight is 524 g/mol. The number of nitrogens with one attached hydrogen (secondary N) is 3. The zero-order valence-electron chi connectivity index (χ0n) is 19.6. The number of hydrogen-bond acceptors (Lipinski definition) is 4. The van der Waals surface area contributed by atoms with Crippen LogP contribution in [0.15, 0.2) is 12.1 Å². The summed E-state index contributed by atoms with van der Waals surface area (Å²) in [4.78, 5) is 51.5. The molecule has 37 heavy (non-hydrogen) atoms. The largest absolute Gasteiger partial charge is 0.357 e. The number of likely N-dealkylation sites (N-methyl/N-ethyl adjacent to an activating group) is 1. The standard InChI is InChI=1S/C24H21F5N4O4/c1-9-16(19(34)21(36)32-23(22(37)30-2)7-24(28,29)8-23)15-4-10-3-14(10)33(15)18(9)20(35)31-11-5-12(25)17(27)13(26)6-11/h5-6,10,14H,3-4,7-8H2,1-2H3,(H,30,37)(H,31,35)(H,32,36). The van der Waals surface area contributed by atoms with Gasteiger partial charge in [0.25, 0.3) is 23.5 Å². The Morgan fingerprint density at radius 1 is 1.05 bits per heavy atom. The minimum absolute atomic E-state index is 0.0162. The molecular weight excluding hydrogens is 503 g/mol. The lowest BCUT2D eigenvalue weighted by Crippen LogP contribution is -2.69. The number of anilines is 1. The van der Waals surface area contributed by atoms with Gasteiger partial charge in [-0.2, -0.15) is 0 Å². The lowest BCUT2D eigenvalue weighted by atomic mass is 9.72. The molecule has 5 rings (SSSR count). The molecule has 13 heteroatoms. The van der Waals surface area contributed by atoms with E-state index >= 15 is 0 Å². The molecule has 0 bridgehead atoms. The van der Waals surface area contributed by atoms with Crippen molar-refractivity contribution in [2.75, 3.05) is 12.4 Å². The number of aromatic nitrogens is 1. The number of benzene rings is 1. The van der Waals surface area contributed by atoms with Crippen molar-refractivity contribution in [1.29, 1.82) is 0 Å². The van der Waals surface area contributed by atoms with Gasteiger partial charge in [0.15, 0.2) is 17.5 Å². The van der Waals surface area contributed by atoms with Gasteiger partial charge >= 0.3 is 0 Å². The van der Waals surface area contributed by atoms with E-state index in [0.717, 1.165) is 6.42 Å². The monoisotopic (exact) mass is 524 g/mol. The van der Waals surface area contributed by atoms with Crippen molar-refractivity contribution in [3.8, 4) is 0 Å². The molecule has 3 amide bonds. The predicted molar refractivity (Wildman–Crippen MR) is 118 cm³/mol. The second-order valence-electron chi connectivity index (χ2n) is 9.79. The van der Waals surface area contributed by atoms with Gasteiger partial charge < -0.3 is 20.5 Å². The highest BCUT2D eigenvalue weighted by molar-refractivity contribution is 6.44. The molecule has 0 radical (unpaired) electrons. The molecule has 2 atom stereocenters. The molecule has 8 nitrogen and oxygen atoms in total. The average Bonchev–Trinajstić information content (AvgIpc) is 3.38. The zero-order valence-corrected chi connectivity index (χ0v) is 19.6. The van der Waals surface area contributed by atoms with Crippen LogP contribution >= 0.6 is 0 Å². The van der Waals surface area contributed by atoms with Crippen molar-refractivity contribution >= 4 is 29.2 Å². The summed E-state index contributed by atoms with van der Waals surface area (Å²) in [7, 11) is 1.22. The molecule has 1 aliphatic heterocycles. The van der Waals surface area contributed by atoms with Gasteiger partial charge in [0.1, 0.15) is 11.2 Å². The van der Waals surface area contributed by atoms with Gasteiger partial charge in [0.2, 0.25) is 5.91 Å². The molecular formula is C24H21F5N4O4. The molecule has 1 aromatic carbocycles. The van der Waals surface area contributed by atoms with Crippen LogP contribution in [-0.4, -0.2) is 46.6 Å². The van der Waals surface area contributed by atoms with E-state index in [4.69, 9.17) is 0 Å². The number of Topliss-reactive ketones (excluding diaryl/α,β-unsaturated/α-hetero) is 1. The highest BCUT2D eigenvalue weighted by Crippen LogP contribution is 2.54. The second kappa shape index (κ2) is 8.12. The summed E-state index contributed by atoms with van der Waals surface area (Å²) in [5.74, 6) is -11.8. The van der Waals surface area contributed by atoms with E-state index in [1.54, 1.807) is 4.57 Å². The van der Waals surface area contributed by atoms with Crippen LogP contribution in [0, 0.1) is 30.3 Å². The molecule has 0 spiro atoms. The molecule has 2 aliphatic carbocycles. The third-order valence-electron chi connectivity index (χ3n) is 7.25. The van der Waals surface area contributed by atoms with E-state index in [9.17, 15) is 41.1 Å². The number of ketones is 1. The molecule has 1 aromatic heterocycles. The van der Waals surface area contributed by atoms with Gasteiger partial charge in [0, 0.05) is 49.4 Å². The van der Waals surface area contributed by atoms with Crippen LogP contribution in [0.4, 0.5) is 27.6 Å². The van der Waals surface area contributed by atoms with Crippen LogP contribution in [0.1, 0.15) is 57.4 Å². The summed E-state index contributed by atoms with van der Waals surface area (Å²) >= 11 is 0. The Morgan fingerprint density at radius 3 is 2.24 bits per heavy atom. The number of carbonyl (C=O) groups is 4. The van der Waals surface area contributed by atoms with Crippen LogP contribution in [0.25, 0.3) is 0 Å². The third kappa shape index (κ3) is 3.87. The Kier molecular flexibility index (Phi) is 5.46. The fraction of sp³-hybridized carbons (Fsp3) is 0.417. The number of nitrogens with zero attached hydrogens (tertiary/aromatic N) is 1. The SMILES string of the molecule is CNC(=O)C1(NC(=O)C(=O)c2c(C)c(C(=O)Nc3cc(F)c(F)c(F)c3)n3c2CC2CC23)CC(F)(F)C1. The van der Waals surface area contributed by atoms with Gasteiger partial charge in [0.05, 0.1) is 5.56 Å². The lowest BCUT2D eigenvalue weighted by Gasteiger charge is -2.45. The van der Waals surface area contributed by atoms with Crippen molar-refractivity contribution in [2.24, 2.45) is 5.92 Å². The minimum atomic E-state index is -3.18. The first kappa shape index (κ1) is 24.9. The number of alkyl halides is 2. The van der Waals surface area contributed by atoms with Crippen LogP contribution in [0.3, 0.4) is 0 Å². The van der Waals surface area contributed by atoms with Crippen molar-refractivity contribution in [3.63, 3.8) is 0 Å². The summed E-state index contributed by atoms with van der Waals surface area (Å²) < 4.78 is 69.4.